The van der Waals surface area contributed by atoms with Gasteiger partial charge in [0, 0.05) is 14.2 Å². The van der Waals surface area contributed by atoms with Crippen molar-refractivity contribution in [2.45, 2.75) is 87.6 Å². The van der Waals surface area contributed by atoms with Crippen LogP contribution in [0.3, 0.4) is 0 Å². The smallest absolute Gasteiger partial charge is 0.335 e. The molecule has 0 spiro atoms. The molecule has 0 amide bonds. The molecule has 164 valence electrons. The van der Waals surface area contributed by atoms with Crippen LogP contribution in [0.25, 0.3) is 0 Å². The molecule has 2 rings (SSSR count). The van der Waals surface area contributed by atoms with Crippen LogP contribution in [0.5, 0.6) is 0 Å². The highest BCUT2D eigenvalue weighted by Crippen LogP contribution is 2.35. The van der Waals surface area contributed by atoms with Crippen LogP contribution in [0.1, 0.15) is 20.8 Å². The number of carbonyl (C=O) groups is 1. The maximum Gasteiger partial charge on any atom is 0.335 e. The molecule has 28 heavy (non-hydrogen) atoms. The number of hydrogen-bond acceptors (Lipinski definition) is 10. The van der Waals surface area contributed by atoms with Crippen molar-refractivity contribution in [3.63, 3.8) is 0 Å². The SMILES string of the molecule is COC1OC(C(=O)O)C(OC(C)(C)C2OC(C)C(OC)C(O)C2O)C(O)C1O. The summed E-state index contributed by atoms with van der Waals surface area (Å²) in [5, 5.41) is 50.7. The van der Waals surface area contributed by atoms with Crippen molar-refractivity contribution in [1.29, 1.82) is 0 Å². The van der Waals surface area contributed by atoms with Gasteiger partial charge in [0.25, 0.3) is 0 Å². The summed E-state index contributed by atoms with van der Waals surface area (Å²) in [7, 11) is 2.58. The highest BCUT2D eigenvalue weighted by atomic mass is 16.7. The van der Waals surface area contributed by atoms with Gasteiger partial charge >= 0.3 is 5.97 Å². The van der Waals surface area contributed by atoms with Crippen molar-refractivity contribution in [1.82, 2.24) is 0 Å². The molecule has 0 saturated carbocycles. The quantitative estimate of drug-likeness (QED) is 0.324. The Balaban J connectivity index is 2.24. The Morgan fingerprint density at radius 1 is 0.893 bits per heavy atom. The minimum Gasteiger partial charge on any atom is -0.479 e. The molecular weight excluding hydrogens is 380 g/mol. The first-order chi connectivity index (χ1) is 13.0. The molecular formula is C17H30O11. The normalized spacial score (nSPS) is 45.0. The van der Waals surface area contributed by atoms with E-state index in [0.29, 0.717) is 0 Å². The van der Waals surface area contributed by atoms with Gasteiger partial charge < -0.3 is 49.2 Å². The number of aliphatic hydroxyl groups excluding tert-OH is 4. The van der Waals surface area contributed by atoms with Crippen LogP contribution in [0.2, 0.25) is 0 Å². The highest BCUT2D eigenvalue weighted by Gasteiger charge is 2.54. The van der Waals surface area contributed by atoms with Crippen molar-refractivity contribution in [2.75, 3.05) is 14.2 Å². The van der Waals surface area contributed by atoms with Crippen LogP contribution in [0.4, 0.5) is 0 Å². The first-order valence-electron chi connectivity index (χ1n) is 8.95. The average molecular weight is 410 g/mol. The fourth-order valence-corrected chi connectivity index (χ4v) is 3.73. The van der Waals surface area contributed by atoms with E-state index < -0.39 is 72.8 Å². The van der Waals surface area contributed by atoms with Gasteiger partial charge in [0.05, 0.1) is 11.7 Å². The summed E-state index contributed by atoms with van der Waals surface area (Å²) in [4.78, 5) is 11.6. The first kappa shape index (κ1) is 23.4. The molecule has 0 bridgehead atoms. The van der Waals surface area contributed by atoms with E-state index >= 15 is 0 Å². The van der Waals surface area contributed by atoms with Crippen molar-refractivity contribution < 1.29 is 54.0 Å². The molecule has 0 aromatic carbocycles. The lowest BCUT2D eigenvalue weighted by molar-refractivity contribution is -0.326. The van der Waals surface area contributed by atoms with Gasteiger partial charge in [-0.25, -0.2) is 4.79 Å². The number of carboxylic acids is 1. The van der Waals surface area contributed by atoms with Gasteiger partial charge in [-0.05, 0) is 20.8 Å². The molecule has 10 unspecified atom stereocenters. The third-order valence-corrected chi connectivity index (χ3v) is 5.24. The maximum absolute atomic E-state index is 11.6. The van der Waals surface area contributed by atoms with Crippen molar-refractivity contribution in [3.05, 3.63) is 0 Å². The summed E-state index contributed by atoms with van der Waals surface area (Å²) in [6.07, 6.45) is -12.8. The predicted molar refractivity (Wildman–Crippen MR) is 91.4 cm³/mol. The van der Waals surface area contributed by atoms with Gasteiger partial charge in [-0.1, -0.05) is 0 Å². The number of aliphatic hydroxyl groups is 4. The Labute approximate surface area is 162 Å². The molecule has 10 atom stereocenters. The van der Waals surface area contributed by atoms with E-state index in [9.17, 15) is 30.3 Å². The second-order valence-electron chi connectivity index (χ2n) is 7.61. The molecule has 2 aliphatic heterocycles. The Kier molecular flexibility index (Phi) is 7.40. The van der Waals surface area contributed by atoms with Crippen LogP contribution < -0.4 is 0 Å². The molecule has 2 saturated heterocycles. The third kappa shape index (κ3) is 4.32. The molecule has 11 heteroatoms. The standard InChI is InChI=1S/C17H30O11/c1-6-11(24-4)7(18)9(20)14(26-6)17(2,3)28-12-8(19)10(21)16(25-5)27-13(12)15(22)23/h6-14,16,18-21H,1-5H3,(H,22,23). The summed E-state index contributed by atoms with van der Waals surface area (Å²) >= 11 is 0. The second kappa shape index (κ2) is 8.86. The zero-order valence-corrected chi connectivity index (χ0v) is 16.5. The van der Waals surface area contributed by atoms with E-state index in [1.54, 1.807) is 6.92 Å². The van der Waals surface area contributed by atoms with Crippen molar-refractivity contribution in [3.8, 4) is 0 Å². The van der Waals surface area contributed by atoms with Gasteiger partial charge in [0.1, 0.15) is 42.7 Å². The topological polar surface area (TPSA) is 164 Å². The summed E-state index contributed by atoms with van der Waals surface area (Å²) in [6.45, 7) is 4.67. The molecule has 2 fully saturated rings. The lowest BCUT2D eigenvalue weighted by Gasteiger charge is -2.49. The van der Waals surface area contributed by atoms with E-state index in [-0.39, 0.29) is 0 Å². The van der Waals surface area contributed by atoms with Crippen LogP contribution in [0.15, 0.2) is 0 Å². The van der Waals surface area contributed by atoms with E-state index in [2.05, 4.69) is 0 Å². The molecule has 0 aromatic rings. The van der Waals surface area contributed by atoms with Gasteiger partial charge in [-0.3, -0.25) is 0 Å². The zero-order chi connectivity index (χ0) is 21.4. The Bertz CT molecular complexity index is 541. The van der Waals surface area contributed by atoms with Crippen LogP contribution in [-0.4, -0.2) is 113 Å². The van der Waals surface area contributed by atoms with Gasteiger partial charge in [-0.2, -0.15) is 0 Å². The Hall–Kier alpha value is -0.890. The molecule has 0 aliphatic carbocycles. The van der Waals surface area contributed by atoms with E-state index in [4.69, 9.17) is 23.7 Å². The van der Waals surface area contributed by atoms with Gasteiger partial charge in [0.2, 0.25) is 0 Å². The van der Waals surface area contributed by atoms with Gasteiger partial charge in [0.15, 0.2) is 12.4 Å². The number of ether oxygens (including phenoxy) is 5. The Morgan fingerprint density at radius 3 is 1.96 bits per heavy atom. The van der Waals surface area contributed by atoms with E-state index in [1.807, 2.05) is 0 Å². The number of aliphatic carboxylic acids is 1. The maximum atomic E-state index is 11.6. The summed E-state index contributed by atoms with van der Waals surface area (Å²) < 4.78 is 26.8. The van der Waals surface area contributed by atoms with Crippen molar-refractivity contribution >= 4 is 5.97 Å². The van der Waals surface area contributed by atoms with E-state index in [1.165, 1.54) is 28.1 Å². The summed E-state index contributed by atoms with van der Waals surface area (Å²) in [5.41, 5.74) is -1.38. The molecule has 5 N–H and O–H groups in total. The predicted octanol–water partition coefficient (Wildman–Crippen LogP) is -2.15. The van der Waals surface area contributed by atoms with Crippen molar-refractivity contribution in [2.24, 2.45) is 0 Å². The summed E-state index contributed by atoms with van der Waals surface area (Å²) in [6, 6.07) is 0. The number of rotatable bonds is 6. The lowest BCUT2D eigenvalue weighted by Crippen LogP contribution is -2.67. The molecule has 2 aliphatic rings. The second-order valence-corrected chi connectivity index (χ2v) is 7.61. The highest BCUT2D eigenvalue weighted by molar-refractivity contribution is 5.73. The third-order valence-electron chi connectivity index (χ3n) is 5.24. The van der Waals surface area contributed by atoms with E-state index in [0.717, 1.165) is 0 Å². The largest absolute Gasteiger partial charge is 0.479 e. The zero-order valence-electron chi connectivity index (χ0n) is 16.5. The van der Waals surface area contributed by atoms with Gasteiger partial charge in [-0.15, -0.1) is 0 Å². The molecule has 0 radical (unpaired) electrons. The monoisotopic (exact) mass is 410 g/mol. The molecule has 2 heterocycles. The first-order valence-corrected chi connectivity index (χ1v) is 8.95. The summed E-state index contributed by atoms with van der Waals surface area (Å²) in [5.74, 6) is -1.42. The Morgan fingerprint density at radius 2 is 1.46 bits per heavy atom. The minimum atomic E-state index is -1.64. The number of carboxylic acid groups (broad SMARTS) is 1. The number of methoxy groups -OCH3 is 2. The minimum absolute atomic E-state index is 0.595. The molecule has 0 aromatic heterocycles. The lowest BCUT2D eigenvalue weighted by atomic mass is 9.86. The average Bonchev–Trinajstić information content (AvgIpc) is 2.62. The fraction of sp³-hybridized carbons (Fsp3) is 0.941. The fourth-order valence-electron chi connectivity index (χ4n) is 3.73. The van der Waals surface area contributed by atoms with Crippen LogP contribution in [0, 0.1) is 0 Å². The van der Waals surface area contributed by atoms with Crippen LogP contribution >= 0.6 is 0 Å². The number of hydrogen-bond donors (Lipinski definition) is 5. The van der Waals surface area contributed by atoms with Crippen LogP contribution in [-0.2, 0) is 28.5 Å². The molecule has 11 nitrogen and oxygen atoms in total.